The van der Waals surface area contributed by atoms with Gasteiger partial charge in [0, 0.05) is 53.9 Å². The van der Waals surface area contributed by atoms with E-state index in [0.29, 0.717) is 71.1 Å². The van der Waals surface area contributed by atoms with Crippen molar-refractivity contribution in [2.24, 2.45) is 0 Å². The molecule has 0 radical (unpaired) electrons. The van der Waals surface area contributed by atoms with E-state index in [0.717, 1.165) is 29.0 Å². The van der Waals surface area contributed by atoms with E-state index in [1.54, 1.807) is 48.7 Å². The highest BCUT2D eigenvalue weighted by molar-refractivity contribution is 7.17. The van der Waals surface area contributed by atoms with Crippen molar-refractivity contribution in [1.29, 1.82) is 0 Å². The SMILES string of the molecule is C=CC1(F)CCCN(c2ncccc2C(=O)Nc2ccc(C(=O)N3CCc4cc(C(=O)Nc5c(F)cccc5F)sc4-c4ccc(F)cc43)cc2)CC1. The van der Waals surface area contributed by atoms with E-state index in [4.69, 9.17) is 0 Å². The monoisotopic (exact) mass is 739 g/mol. The van der Waals surface area contributed by atoms with Crippen molar-refractivity contribution in [3.8, 4) is 10.4 Å². The summed E-state index contributed by atoms with van der Waals surface area (Å²) in [6, 6.07) is 18.6. The molecule has 0 spiro atoms. The molecule has 1 fully saturated rings. The Labute approximate surface area is 306 Å². The second kappa shape index (κ2) is 14.7. The Morgan fingerprint density at radius 2 is 1.64 bits per heavy atom. The smallest absolute Gasteiger partial charge is 0.265 e. The summed E-state index contributed by atoms with van der Waals surface area (Å²) in [6.45, 7) is 4.70. The van der Waals surface area contributed by atoms with E-state index in [1.807, 2.05) is 4.90 Å². The highest BCUT2D eigenvalue weighted by Crippen LogP contribution is 2.42. The van der Waals surface area contributed by atoms with Crippen molar-refractivity contribution in [3.05, 3.63) is 137 Å². The number of nitrogens with zero attached hydrogens (tertiary/aromatic N) is 3. The minimum absolute atomic E-state index is 0.150. The third-order valence-electron chi connectivity index (χ3n) is 9.48. The minimum atomic E-state index is -1.46. The van der Waals surface area contributed by atoms with Gasteiger partial charge >= 0.3 is 0 Å². The Balaban J connectivity index is 1.08. The van der Waals surface area contributed by atoms with Crippen LogP contribution >= 0.6 is 11.3 Å². The molecule has 1 atom stereocenters. The number of hydrogen-bond donors (Lipinski definition) is 2. The molecular formula is C40H33F4N5O3S. The van der Waals surface area contributed by atoms with Crippen molar-refractivity contribution >= 4 is 51.9 Å². The number of allylic oxidation sites excluding steroid dienone is 1. The Bertz CT molecular complexity index is 2220. The quantitative estimate of drug-likeness (QED) is 0.129. The molecule has 5 aromatic rings. The maximum atomic E-state index is 15.0. The zero-order valence-corrected chi connectivity index (χ0v) is 29.1. The van der Waals surface area contributed by atoms with Gasteiger partial charge in [-0.05, 0) is 97.6 Å². The number of hydrogen-bond acceptors (Lipinski definition) is 6. The number of alkyl halides is 1. The van der Waals surface area contributed by atoms with Gasteiger partial charge in [0.05, 0.1) is 16.1 Å². The average molecular weight is 740 g/mol. The lowest BCUT2D eigenvalue weighted by molar-refractivity contribution is 0.0985. The van der Waals surface area contributed by atoms with Crippen molar-refractivity contribution < 1.29 is 31.9 Å². The van der Waals surface area contributed by atoms with Crippen LogP contribution in [0, 0.1) is 17.5 Å². The molecule has 0 aliphatic carbocycles. The number of fused-ring (bicyclic) bond motifs is 3. The molecule has 8 nitrogen and oxygen atoms in total. The standard InChI is InChI=1S/C40H33F4N5O3S/c1-2-40(44)16-5-19-48(21-17-40)36-29(6-4-18-45-36)37(50)46-27-12-9-24(10-13-27)39(52)49-20-15-25-22-33(38(51)47-34-30(42)7-3-8-31(34)43)53-35(25)28-14-11-26(41)23-32(28)49/h2-4,6-14,18,22-23H,1,5,15-17,19-21H2,(H,46,50)(H,47,51). The van der Waals surface area contributed by atoms with Crippen LogP contribution in [0.1, 0.15) is 55.2 Å². The molecule has 13 heteroatoms. The number of para-hydroxylation sites is 1. The molecule has 270 valence electrons. The van der Waals surface area contributed by atoms with Crippen LogP contribution in [-0.2, 0) is 6.42 Å². The molecule has 2 aliphatic heterocycles. The van der Waals surface area contributed by atoms with Crippen molar-refractivity contribution in [2.75, 3.05) is 40.1 Å². The number of aromatic nitrogens is 1. The topological polar surface area (TPSA) is 94.6 Å². The van der Waals surface area contributed by atoms with E-state index in [-0.39, 0.29) is 17.8 Å². The number of nitrogens with one attached hydrogen (secondary N) is 2. The minimum Gasteiger partial charge on any atom is -0.356 e. The molecule has 3 aromatic carbocycles. The summed E-state index contributed by atoms with van der Waals surface area (Å²) >= 11 is 1.08. The summed E-state index contributed by atoms with van der Waals surface area (Å²) in [7, 11) is 0. The van der Waals surface area contributed by atoms with Crippen LogP contribution in [0.25, 0.3) is 10.4 Å². The van der Waals surface area contributed by atoms with Gasteiger partial charge in [-0.2, -0.15) is 0 Å². The Hall–Kier alpha value is -5.82. The van der Waals surface area contributed by atoms with E-state index >= 15 is 0 Å². The Morgan fingerprint density at radius 1 is 0.868 bits per heavy atom. The summed E-state index contributed by atoms with van der Waals surface area (Å²) < 4.78 is 58.1. The third kappa shape index (κ3) is 7.29. The second-order valence-corrected chi connectivity index (χ2v) is 13.9. The number of amides is 3. The highest BCUT2D eigenvalue weighted by atomic mass is 32.1. The fraction of sp³-hybridized carbons (Fsp3) is 0.200. The zero-order chi connectivity index (χ0) is 37.3. The molecule has 53 heavy (non-hydrogen) atoms. The van der Waals surface area contributed by atoms with Crippen LogP contribution in [0.2, 0.25) is 0 Å². The van der Waals surface area contributed by atoms with Gasteiger partial charge in [-0.3, -0.25) is 14.4 Å². The van der Waals surface area contributed by atoms with E-state index in [2.05, 4.69) is 22.2 Å². The lowest BCUT2D eigenvalue weighted by Gasteiger charge is -2.24. The lowest BCUT2D eigenvalue weighted by atomic mass is 9.97. The first-order valence-corrected chi connectivity index (χ1v) is 17.8. The summed E-state index contributed by atoms with van der Waals surface area (Å²) in [5, 5.41) is 5.16. The summed E-state index contributed by atoms with van der Waals surface area (Å²) in [5.41, 5.74) is 0.572. The first kappa shape index (κ1) is 35.6. The molecule has 2 N–H and O–H groups in total. The maximum Gasteiger partial charge on any atom is 0.265 e. The molecule has 1 saturated heterocycles. The lowest BCUT2D eigenvalue weighted by Crippen LogP contribution is -2.32. The van der Waals surface area contributed by atoms with Gasteiger partial charge in [-0.1, -0.05) is 18.7 Å². The molecule has 0 bridgehead atoms. The van der Waals surface area contributed by atoms with E-state index in [9.17, 15) is 31.9 Å². The van der Waals surface area contributed by atoms with Crippen molar-refractivity contribution in [2.45, 2.75) is 31.4 Å². The molecule has 3 amide bonds. The van der Waals surface area contributed by atoms with Gasteiger partial charge in [0.1, 0.15) is 34.6 Å². The van der Waals surface area contributed by atoms with Gasteiger partial charge in [-0.15, -0.1) is 11.3 Å². The highest BCUT2D eigenvalue weighted by Gasteiger charge is 2.31. The van der Waals surface area contributed by atoms with Crippen molar-refractivity contribution in [1.82, 2.24) is 4.98 Å². The van der Waals surface area contributed by atoms with Crippen LogP contribution in [0.3, 0.4) is 0 Å². The maximum absolute atomic E-state index is 15.0. The molecule has 1 unspecified atom stereocenters. The van der Waals surface area contributed by atoms with E-state index < -0.39 is 46.5 Å². The normalized spacial score (nSPS) is 16.8. The van der Waals surface area contributed by atoms with Gasteiger partial charge < -0.3 is 20.4 Å². The Morgan fingerprint density at radius 3 is 2.40 bits per heavy atom. The predicted molar refractivity (Wildman–Crippen MR) is 198 cm³/mol. The number of rotatable bonds is 7. The van der Waals surface area contributed by atoms with Crippen LogP contribution in [-0.4, -0.2) is 48.0 Å². The van der Waals surface area contributed by atoms with Crippen LogP contribution in [0.4, 0.5) is 40.4 Å². The fourth-order valence-electron chi connectivity index (χ4n) is 6.64. The van der Waals surface area contributed by atoms with Crippen LogP contribution in [0.15, 0.2) is 97.7 Å². The molecule has 7 rings (SSSR count). The summed E-state index contributed by atoms with van der Waals surface area (Å²) in [6.07, 6.45) is 4.42. The first-order chi connectivity index (χ1) is 25.5. The number of halogens is 4. The number of carbonyl (C=O) groups excluding carboxylic acids is 3. The number of benzene rings is 3. The number of thiophene rings is 1. The average Bonchev–Trinajstić information content (AvgIpc) is 3.40. The van der Waals surface area contributed by atoms with Crippen LogP contribution in [0.5, 0.6) is 0 Å². The molecule has 2 aromatic heterocycles. The second-order valence-electron chi connectivity index (χ2n) is 12.9. The van der Waals surface area contributed by atoms with Gasteiger partial charge in [-0.25, -0.2) is 22.5 Å². The van der Waals surface area contributed by atoms with Gasteiger partial charge in [0.15, 0.2) is 0 Å². The third-order valence-corrected chi connectivity index (χ3v) is 10.7. The molecule has 4 heterocycles. The number of pyridine rings is 1. The number of carbonyl (C=O) groups is 3. The zero-order valence-electron chi connectivity index (χ0n) is 28.3. The Kier molecular flexibility index (Phi) is 9.84. The summed E-state index contributed by atoms with van der Waals surface area (Å²) in [4.78, 5) is 49.1. The van der Waals surface area contributed by atoms with Crippen molar-refractivity contribution in [3.63, 3.8) is 0 Å². The van der Waals surface area contributed by atoms with Gasteiger partial charge in [0.25, 0.3) is 17.7 Å². The largest absolute Gasteiger partial charge is 0.356 e. The van der Waals surface area contributed by atoms with Gasteiger partial charge in [0.2, 0.25) is 0 Å². The first-order valence-electron chi connectivity index (χ1n) is 17.0. The molecule has 0 saturated carbocycles. The molecule has 2 aliphatic rings. The number of anilines is 4. The predicted octanol–water partition coefficient (Wildman–Crippen LogP) is 8.82. The van der Waals surface area contributed by atoms with Crippen LogP contribution < -0.4 is 20.4 Å². The summed E-state index contributed by atoms with van der Waals surface area (Å²) in [5.74, 6) is -3.45. The van der Waals surface area contributed by atoms with E-state index in [1.165, 1.54) is 35.2 Å². The fourth-order valence-corrected chi connectivity index (χ4v) is 7.78. The molecular weight excluding hydrogens is 707 g/mol.